The molecule has 2 aromatic rings. The van der Waals surface area contributed by atoms with Crippen molar-refractivity contribution in [2.75, 3.05) is 18.5 Å². The van der Waals surface area contributed by atoms with Crippen molar-refractivity contribution in [3.05, 3.63) is 22.2 Å². The molecule has 1 saturated heterocycles. The van der Waals surface area contributed by atoms with Gasteiger partial charge in [0.25, 0.3) is 0 Å². The molecule has 0 saturated carbocycles. The average molecular weight is 319 g/mol. The van der Waals surface area contributed by atoms with Crippen molar-refractivity contribution >= 4 is 22.3 Å². The summed E-state index contributed by atoms with van der Waals surface area (Å²) in [5.74, 6) is 0.0875. The third-order valence-corrected chi connectivity index (χ3v) is 4.85. The number of nitrogens with zero attached hydrogens (tertiary/aromatic N) is 1. The van der Waals surface area contributed by atoms with E-state index < -0.39 is 0 Å². The Balaban J connectivity index is 1.76. The number of hydrogen-bond donors (Lipinski definition) is 2. The number of Topliss-reactive ketones (excluding diaryl/α,β-unsaturated/α-hetero) is 1. The van der Waals surface area contributed by atoms with E-state index >= 15 is 0 Å². The Morgan fingerprint density at radius 2 is 2.36 bits per heavy atom. The molecule has 1 aliphatic rings. The average Bonchev–Trinajstić information content (AvgIpc) is 3.17. The van der Waals surface area contributed by atoms with E-state index in [1.54, 1.807) is 18.3 Å². The molecule has 0 radical (unpaired) electrons. The van der Waals surface area contributed by atoms with Gasteiger partial charge in [-0.05, 0) is 39.2 Å². The summed E-state index contributed by atoms with van der Waals surface area (Å²) in [7, 11) is 0. The molecular formula is C16H21N3O2S. The van der Waals surface area contributed by atoms with Crippen molar-refractivity contribution in [1.82, 2.24) is 9.97 Å². The second-order valence-electron chi connectivity index (χ2n) is 5.74. The summed E-state index contributed by atoms with van der Waals surface area (Å²) in [4.78, 5) is 19.6. The quantitative estimate of drug-likeness (QED) is 0.827. The van der Waals surface area contributed by atoms with Crippen molar-refractivity contribution < 1.29 is 9.53 Å². The molecule has 118 valence electrons. The summed E-state index contributed by atoms with van der Waals surface area (Å²) in [6.07, 6.45) is 2.55. The second kappa shape index (κ2) is 6.22. The number of ketones is 1. The molecule has 1 fully saturated rings. The summed E-state index contributed by atoms with van der Waals surface area (Å²) in [5.41, 5.74) is 4.47. The zero-order valence-electron chi connectivity index (χ0n) is 13.2. The molecule has 2 aromatic heterocycles. The Morgan fingerprint density at radius 1 is 1.55 bits per heavy atom. The van der Waals surface area contributed by atoms with E-state index in [0.717, 1.165) is 59.3 Å². The molecule has 0 aliphatic carbocycles. The van der Waals surface area contributed by atoms with Gasteiger partial charge in [-0.15, -0.1) is 11.3 Å². The monoisotopic (exact) mass is 319 g/mol. The van der Waals surface area contributed by atoms with Crippen LogP contribution in [0.25, 0.3) is 11.4 Å². The molecule has 1 atom stereocenters. The zero-order valence-corrected chi connectivity index (χ0v) is 14.0. The highest BCUT2D eigenvalue weighted by Crippen LogP contribution is 2.30. The lowest BCUT2D eigenvalue weighted by molar-refractivity contribution is 0.101. The minimum atomic E-state index is 0.0875. The van der Waals surface area contributed by atoms with Crippen LogP contribution in [-0.4, -0.2) is 35.0 Å². The van der Waals surface area contributed by atoms with E-state index in [9.17, 15) is 4.79 Å². The Labute approximate surface area is 134 Å². The second-order valence-corrected chi connectivity index (χ2v) is 6.59. The Kier molecular flexibility index (Phi) is 4.31. The van der Waals surface area contributed by atoms with E-state index in [4.69, 9.17) is 4.74 Å². The number of anilines is 1. The van der Waals surface area contributed by atoms with E-state index in [0.29, 0.717) is 6.10 Å². The molecule has 3 heterocycles. The van der Waals surface area contributed by atoms with Crippen LogP contribution < -0.4 is 5.32 Å². The first kappa shape index (κ1) is 15.2. The lowest BCUT2D eigenvalue weighted by Gasteiger charge is -2.09. The number of carbonyl (C=O) groups is 1. The molecule has 6 heteroatoms. The first-order valence-corrected chi connectivity index (χ1v) is 8.45. The SMILES string of the molecule is CC(=O)c1c(C)[nH]c(-c2csc(NC[C@@H]3CCCO3)n2)c1C. The van der Waals surface area contributed by atoms with Crippen LogP contribution in [0, 0.1) is 13.8 Å². The number of thiazole rings is 1. The van der Waals surface area contributed by atoms with Crippen LogP contribution in [0.1, 0.15) is 41.4 Å². The van der Waals surface area contributed by atoms with Gasteiger partial charge in [0.2, 0.25) is 0 Å². The highest BCUT2D eigenvalue weighted by atomic mass is 32.1. The molecule has 5 nitrogen and oxygen atoms in total. The van der Waals surface area contributed by atoms with Gasteiger partial charge in [-0.2, -0.15) is 0 Å². The molecule has 0 amide bonds. The third kappa shape index (κ3) is 2.94. The molecule has 0 unspecified atom stereocenters. The van der Waals surface area contributed by atoms with Gasteiger partial charge in [0.1, 0.15) is 5.69 Å². The fraction of sp³-hybridized carbons (Fsp3) is 0.500. The Hall–Kier alpha value is -1.66. The topological polar surface area (TPSA) is 67.0 Å². The highest BCUT2D eigenvalue weighted by molar-refractivity contribution is 7.14. The Bertz CT molecular complexity index is 684. The lowest BCUT2D eigenvalue weighted by Crippen LogP contribution is -2.18. The van der Waals surface area contributed by atoms with Gasteiger partial charge in [-0.1, -0.05) is 0 Å². The van der Waals surface area contributed by atoms with Gasteiger partial charge in [0.15, 0.2) is 10.9 Å². The molecule has 1 aliphatic heterocycles. The number of nitrogens with one attached hydrogen (secondary N) is 2. The molecular weight excluding hydrogens is 298 g/mol. The van der Waals surface area contributed by atoms with E-state index in [-0.39, 0.29) is 5.78 Å². The minimum absolute atomic E-state index is 0.0875. The fourth-order valence-corrected chi connectivity index (χ4v) is 3.72. The Morgan fingerprint density at radius 3 is 3.00 bits per heavy atom. The van der Waals surface area contributed by atoms with Crippen LogP contribution in [0.2, 0.25) is 0 Å². The molecule has 0 bridgehead atoms. The maximum Gasteiger partial charge on any atom is 0.183 e. The number of hydrogen-bond acceptors (Lipinski definition) is 5. The normalized spacial score (nSPS) is 17.9. The van der Waals surface area contributed by atoms with Crippen LogP contribution in [0.4, 0.5) is 5.13 Å². The van der Waals surface area contributed by atoms with Crippen molar-refractivity contribution in [2.45, 2.75) is 39.7 Å². The van der Waals surface area contributed by atoms with E-state index in [2.05, 4.69) is 15.3 Å². The highest BCUT2D eigenvalue weighted by Gasteiger charge is 2.19. The number of aryl methyl sites for hydroxylation is 1. The maximum atomic E-state index is 11.7. The standard InChI is InChI=1S/C16H21N3O2S/c1-9-14(11(3)20)10(2)18-15(9)13-8-22-16(19-13)17-7-12-5-4-6-21-12/h8,12,18H,4-7H2,1-3H3,(H,17,19)/t12-/m0/s1. The summed E-state index contributed by atoms with van der Waals surface area (Å²) < 4.78 is 5.60. The van der Waals surface area contributed by atoms with E-state index in [1.165, 1.54) is 0 Å². The van der Waals surface area contributed by atoms with Crippen molar-refractivity contribution in [3.8, 4) is 11.4 Å². The van der Waals surface area contributed by atoms with Crippen LogP contribution >= 0.6 is 11.3 Å². The third-order valence-electron chi connectivity index (χ3n) is 4.05. The first-order chi connectivity index (χ1) is 10.6. The fourth-order valence-electron chi connectivity index (χ4n) is 3.01. The number of carbonyl (C=O) groups excluding carboxylic acids is 1. The van der Waals surface area contributed by atoms with Crippen molar-refractivity contribution in [3.63, 3.8) is 0 Å². The summed E-state index contributed by atoms with van der Waals surface area (Å²) in [6.45, 7) is 7.16. The number of aromatic nitrogens is 2. The molecule has 22 heavy (non-hydrogen) atoms. The van der Waals surface area contributed by atoms with Crippen LogP contribution in [0.15, 0.2) is 5.38 Å². The minimum Gasteiger partial charge on any atom is -0.376 e. The van der Waals surface area contributed by atoms with Gasteiger partial charge in [0, 0.05) is 29.8 Å². The van der Waals surface area contributed by atoms with Crippen LogP contribution in [0.5, 0.6) is 0 Å². The van der Waals surface area contributed by atoms with E-state index in [1.807, 2.05) is 19.2 Å². The predicted octanol–water partition coefficient (Wildman–Crippen LogP) is 3.55. The lowest BCUT2D eigenvalue weighted by atomic mass is 10.1. The summed E-state index contributed by atoms with van der Waals surface area (Å²) in [6, 6.07) is 0. The van der Waals surface area contributed by atoms with Gasteiger partial charge in [0.05, 0.1) is 11.8 Å². The van der Waals surface area contributed by atoms with Crippen molar-refractivity contribution in [1.29, 1.82) is 0 Å². The van der Waals surface area contributed by atoms with Gasteiger partial charge in [-0.3, -0.25) is 4.79 Å². The zero-order chi connectivity index (χ0) is 15.7. The summed E-state index contributed by atoms with van der Waals surface area (Å²) >= 11 is 1.58. The van der Waals surface area contributed by atoms with Gasteiger partial charge < -0.3 is 15.0 Å². The number of rotatable bonds is 5. The number of H-pyrrole nitrogens is 1. The van der Waals surface area contributed by atoms with Crippen LogP contribution in [-0.2, 0) is 4.74 Å². The number of ether oxygens (including phenoxy) is 1. The largest absolute Gasteiger partial charge is 0.376 e. The molecule has 3 rings (SSSR count). The number of aromatic amines is 1. The molecule has 0 spiro atoms. The maximum absolute atomic E-state index is 11.7. The first-order valence-electron chi connectivity index (χ1n) is 7.57. The predicted molar refractivity (Wildman–Crippen MR) is 88.8 cm³/mol. The molecule has 2 N–H and O–H groups in total. The van der Waals surface area contributed by atoms with Gasteiger partial charge in [-0.25, -0.2) is 4.98 Å². The van der Waals surface area contributed by atoms with Crippen LogP contribution in [0.3, 0.4) is 0 Å². The summed E-state index contributed by atoms with van der Waals surface area (Å²) in [5, 5.41) is 6.25. The smallest absolute Gasteiger partial charge is 0.183 e. The van der Waals surface area contributed by atoms with Crippen molar-refractivity contribution in [2.24, 2.45) is 0 Å². The van der Waals surface area contributed by atoms with Gasteiger partial charge >= 0.3 is 0 Å². The molecule has 0 aromatic carbocycles.